The number of carbonyl (C=O) groups excluding carboxylic acids is 1. The van der Waals surface area contributed by atoms with Gasteiger partial charge in [-0.05, 0) is 12.1 Å². The van der Waals surface area contributed by atoms with Crippen LogP contribution in [-0.2, 0) is 0 Å². The van der Waals surface area contributed by atoms with Gasteiger partial charge in [0.1, 0.15) is 10.8 Å². The Kier molecular flexibility index (Phi) is 4.57. The van der Waals surface area contributed by atoms with Gasteiger partial charge in [-0.25, -0.2) is 4.39 Å². The van der Waals surface area contributed by atoms with Crippen LogP contribution in [0.1, 0.15) is 35.1 Å². The van der Waals surface area contributed by atoms with Crippen LogP contribution >= 0.6 is 34.5 Å². The summed E-state index contributed by atoms with van der Waals surface area (Å²) in [6, 6.07) is 2.18. The van der Waals surface area contributed by atoms with Crippen molar-refractivity contribution in [3.63, 3.8) is 0 Å². The second-order valence-electron chi connectivity index (χ2n) is 4.30. The summed E-state index contributed by atoms with van der Waals surface area (Å²) in [7, 11) is 0. The lowest BCUT2D eigenvalue weighted by molar-refractivity contribution is 0.102. The average molecular weight is 334 g/mol. The van der Waals surface area contributed by atoms with Gasteiger partial charge in [-0.1, -0.05) is 48.4 Å². The van der Waals surface area contributed by atoms with Gasteiger partial charge in [0.2, 0.25) is 5.13 Å². The first-order chi connectivity index (χ1) is 9.38. The third kappa shape index (κ3) is 3.26. The Hall–Kier alpha value is -1.24. The number of hydrogen-bond acceptors (Lipinski definition) is 4. The van der Waals surface area contributed by atoms with Crippen molar-refractivity contribution in [2.75, 3.05) is 5.32 Å². The smallest absolute Gasteiger partial charge is 0.259 e. The molecule has 2 rings (SSSR count). The normalized spacial score (nSPS) is 10.9. The van der Waals surface area contributed by atoms with Gasteiger partial charge in [-0.3, -0.25) is 10.1 Å². The van der Waals surface area contributed by atoms with Crippen LogP contribution < -0.4 is 5.32 Å². The van der Waals surface area contributed by atoms with Crippen molar-refractivity contribution in [1.29, 1.82) is 0 Å². The molecule has 1 heterocycles. The van der Waals surface area contributed by atoms with Crippen LogP contribution in [0.3, 0.4) is 0 Å². The second kappa shape index (κ2) is 6.03. The molecule has 0 saturated heterocycles. The van der Waals surface area contributed by atoms with E-state index in [-0.39, 0.29) is 21.5 Å². The summed E-state index contributed by atoms with van der Waals surface area (Å²) in [5, 5.41) is 11.4. The van der Waals surface area contributed by atoms with E-state index in [9.17, 15) is 9.18 Å². The molecule has 8 heteroatoms. The number of nitrogens with zero attached hydrogens (tertiary/aromatic N) is 2. The fourth-order valence-corrected chi connectivity index (χ4v) is 2.59. The molecule has 0 aliphatic heterocycles. The molecular weight excluding hydrogens is 324 g/mol. The van der Waals surface area contributed by atoms with E-state index in [1.807, 2.05) is 13.8 Å². The summed E-state index contributed by atoms with van der Waals surface area (Å²) in [6.07, 6.45) is 0. The van der Waals surface area contributed by atoms with Crippen LogP contribution in [0.25, 0.3) is 0 Å². The van der Waals surface area contributed by atoms with Crippen molar-refractivity contribution >= 4 is 45.6 Å². The van der Waals surface area contributed by atoms with E-state index in [0.717, 1.165) is 11.1 Å². The molecule has 0 unspecified atom stereocenters. The van der Waals surface area contributed by atoms with Gasteiger partial charge in [-0.2, -0.15) is 0 Å². The van der Waals surface area contributed by atoms with E-state index in [0.29, 0.717) is 5.13 Å². The molecule has 0 aliphatic rings. The molecule has 0 atom stereocenters. The lowest BCUT2D eigenvalue weighted by Crippen LogP contribution is -2.12. The topological polar surface area (TPSA) is 54.9 Å². The molecule has 1 aromatic carbocycles. The third-order valence-corrected chi connectivity index (χ3v) is 4.15. The van der Waals surface area contributed by atoms with Crippen molar-refractivity contribution in [2.24, 2.45) is 0 Å². The van der Waals surface area contributed by atoms with Crippen molar-refractivity contribution in [1.82, 2.24) is 10.2 Å². The maximum absolute atomic E-state index is 13.4. The molecule has 0 aliphatic carbocycles. The van der Waals surface area contributed by atoms with Crippen LogP contribution in [0.15, 0.2) is 12.1 Å². The summed E-state index contributed by atoms with van der Waals surface area (Å²) in [4.78, 5) is 12.0. The summed E-state index contributed by atoms with van der Waals surface area (Å²) >= 11 is 12.7. The molecule has 1 aromatic heterocycles. The Bertz CT molecular complexity index is 660. The number of anilines is 1. The lowest BCUT2D eigenvalue weighted by Gasteiger charge is -2.05. The standard InChI is InChI=1S/C12H10Cl2FN3OS/c1-5(2)11-17-18-12(20-11)16-10(19)6-3-9(15)8(14)4-7(6)13/h3-5H,1-2H3,(H,16,18,19). The number of rotatable bonds is 3. The van der Waals surface area contributed by atoms with Crippen molar-refractivity contribution in [2.45, 2.75) is 19.8 Å². The SMILES string of the molecule is CC(C)c1nnc(NC(=O)c2cc(F)c(Cl)cc2Cl)s1. The first kappa shape index (κ1) is 15.2. The first-order valence-electron chi connectivity index (χ1n) is 5.67. The highest BCUT2D eigenvalue weighted by Gasteiger charge is 2.16. The highest BCUT2D eigenvalue weighted by Crippen LogP contribution is 2.26. The maximum atomic E-state index is 13.4. The van der Waals surface area contributed by atoms with E-state index in [4.69, 9.17) is 23.2 Å². The average Bonchev–Trinajstić information content (AvgIpc) is 2.82. The molecule has 0 bridgehead atoms. The largest absolute Gasteiger partial charge is 0.296 e. The van der Waals surface area contributed by atoms with E-state index >= 15 is 0 Å². The van der Waals surface area contributed by atoms with E-state index < -0.39 is 11.7 Å². The predicted octanol–water partition coefficient (Wildman–Crippen LogP) is 4.36. The van der Waals surface area contributed by atoms with Gasteiger partial charge in [0.25, 0.3) is 5.91 Å². The fourth-order valence-electron chi connectivity index (χ4n) is 1.38. The molecule has 4 nitrogen and oxygen atoms in total. The van der Waals surface area contributed by atoms with Gasteiger partial charge in [-0.15, -0.1) is 10.2 Å². The van der Waals surface area contributed by atoms with E-state index in [1.165, 1.54) is 17.4 Å². The number of hydrogen-bond donors (Lipinski definition) is 1. The molecular formula is C12H10Cl2FN3OS. The van der Waals surface area contributed by atoms with Crippen LogP contribution in [0, 0.1) is 5.82 Å². The Morgan fingerprint density at radius 1 is 1.30 bits per heavy atom. The number of carbonyl (C=O) groups is 1. The monoisotopic (exact) mass is 333 g/mol. The molecule has 0 spiro atoms. The first-order valence-corrected chi connectivity index (χ1v) is 7.25. The molecule has 1 N–H and O–H groups in total. The number of nitrogens with one attached hydrogen (secondary N) is 1. The summed E-state index contributed by atoms with van der Waals surface area (Å²) < 4.78 is 13.4. The third-order valence-electron chi connectivity index (χ3n) is 2.41. The summed E-state index contributed by atoms with van der Waals surface area (Å²) in [5.41, 5.74) is -0.00476. The highest BCUT2D eigenvalue weighted by atomic mass is 35.5. The number of halogens is 3. The van der Waals surface area contributed by atoms with Gasteiger partial charge in [0.15, 0.2) is 0 Å². The van der Waals surface area contributed by atoms with Crippen molar-refractivity contribution < 1.29 is 9.18 Å². The minimum Gasteiger partial charge on any atom is -0.296 e. The Morgan fingerprint density at radius 2 is 2.00 bits per heavy atom. The van der Waals surface area contributed by atoms with Crippen LogP contribution in [0.5, 0.6) is 0 Å². The number of aromatic nitrogens is 2. The zero-order valence-electron chi connectivity index (χ0n) is 10.6. The number of amides is 1. The molecule has 106 valence electrons. The van der Waals surface area contributed by atoms with Gasteiger partial charge in [0, 0.05) is 5.92 Å². The van der Waals surface area contributed by atoms with Gasteiger partial charge >= 0.3 is 0 Å². The quantitative estimate of drug-likeness (QED) is 0.849. The fraction of sp³-hybridized carbons (Fsp3) is 0.250. The predicted molar refractivity (Wildman–Crippen MR) is 78.4 cm³/mol. The molecule has 2 aromatic rings. The zero-order valence-corrected chi connectivity index (χ0v) is 12.9. The Labute approximate surface area is 128 Å². The van der Waals surface area contributed by atoms with E-state index in [2.05, 4.69) is 15.5 Å². The van der Waals surface area contributed by atoms with Crippen LogP contribution in [0.2, 0.25) is 10.0 Å². The maximum Gasteiger partial charge on any atom is 0.259 e. The molecule has 0 saturated carbocycles. The van der Waals surface area contributed by atoms with Crippen LogP contribution in [-0.4, -0.2) is 16.1 Å². The van der Waals surface area contributed by atoms with Gasteiger partial charge < -0.3 is 0 Å². The molecule has 0 fully saturated rings. The summed E-state index contributed by atoms with van der Waals surface area (Å²) in [6.45, 7) is 3.94. The highest BCUT2D eigenvalue weighted by molar-refractivity contribution is 7.15. The zero-order chi connectivity index (χ0) is 14.9. The second-order valence-corrected chi connectivity index (χ2v) is 6.12. The van der Waals surface area contributed by atoms with Gasteiger partial charge in [0.05, 0.1) is 15.6 Å². The molecule has 1 amide bonds. The van der Waals surface area contributed by atoms with E-state index in [1.54, 1.807) is 0 Å². The minimum absolute atomic E-state index is 0.00476. The van der Waals surface area contributed by atoms with Crippen LogP contribution in [0.4, 0.5) is 9.52 Å². The van der Waals surface area contributed by atoms with Crippen molar-refractivity contribution in [3.05, 3.63) is 38.6 Å². The lowest BCUT2D eigenvalue weighted by atomic mass is 10.2. The molecule has 0 radical (unpaired) electrons. The Morgan fingerprint density at radius 3 is 2.60 bits per heavy atom. The van der Waals surface area contributed by atoms with Crippen molar-refractivity contribution in [3.8, 4) is 0 Å². The molecule has 20 heavy (non-hydrogen) atoms. The Balaban J connectivity index is 2.21. The minimum atomic E-state index is -0.707. The number of benzene rings is 1. The summed E-state index contributed by atoms with van der Waals surface area (Å²) in [5.74, 6) is -1.05.